The van der Waals surface area contributed by atoms with Gasteiger partial charge in [0.1, 0.15) is 5.69 Å². The minimum Gasteiger partial charge on any atom is -0.463 e. The zero-order valence-electron chi connectivity index (χ0n) is 14.7. The molecule has 0 radical (unpaired) electrons. The van der Waals surface area contributed by atoms with Crippen molar-refractivity contribution < 1.29 is 9.21 Å². The lowest BCUT2D eigenvalue weighted by Crippen LogP contribution is -2.29. The van der Waals surface area contributed by atoms with Gasteiger partial charge in [-0.25, -0.2) is 9.67 Å². The van der Waals surface area contributed by atoms with Gasteiger partial charge < -0.3 is 15.5 Å². The van der Waals surface area contributed by atoms with Gasteiger partial charge in [0.05, 0.1) is 23.4 Å². The second-order valence-electron chi connectivity index (χ2n) is 6.47. The van der Waals surface area contributed by atoms with E-state index in [0.29, 0.717) is 29.2 Å². The summed E-state index contributed by atoms with van der Waals surface area (Å²) in [6.45, 7) is 6.49. The molecule has 25 heavy (non-hydrogen) atoms. The Balaban J connectivity index is 2.05. The number of fused-ring (bicyclic) bond motifs is 1. The van der Waals surface area contributed by atoms with Gasteiger partial charge in [0, 0.05) is 18.6 Å². The molecule has 0 aliphatic carbocycles. The highest BCUT2D eigenvalue weighted by Gasteiger charge is 2.19. The van der Waals surface area contributed by atoms with Gasteiger partial charge in [0.2, 0.25) is 0 Å². The third-order valence-electron chi connectivity index (χ3n) is 3.96. The molecule has 0 fully saturated rings. The van der Waals surface area contributed by atoms with Crippen molar-refractivity contribution in [2.24, 2.45) is 5.73 Å². The van der Waals surface area contributed by atoms with Crippen LogP contribution in [0.3, 0.4) is 0 Å². The van der Waals surface area contributed by atoms with Crippen LogP contribution in [0.2, 0.25) is 0 Å². The van der Waals surface area contributed by atoms with E-state index < -0.39 is 0 Å². The smallest absolute Gasteiger partial charge is 0.252 e. The fraction of sp³-hybridized carbons (Fsp3) is 0.389. The molecule has 1 unspecified atom stereocenters. The minimum absolute atomic E-state index is 0.0418. The molecule has 0 saturated carbocycles. The van der Waals surface area contributed by atoms with Gasteiger partial charge in [0.15, 0.2) is 11.4 Å². The second kappa shape index (κ2) is 7.06. The van der Waals surface area contributed by atoms with Gasteiger partial charge in [-0.05, 0) is 45.4 Å². The van der Waals surface area contributed by atoms with E-state index in [-0.39, 0.29) is 18.0 Å². The minimum atomic E-state index is -0.163. The number of amides is 1. The van der Waals surface area contributed by atoms with Gasteiger partial charge in [0.25, 0.3) is 5.91 Å². The highest BCUT2D eigenvalue weighted by Crippen LogP contribution is 2.26. The van der Waals surface area contributed by atoms with Crippen molar-refractivity contribution >= 4 is 16.9 Å². The lowest BCUT2D eigenvalue weighted by atomic mass is 10.1. The molecule has 3 N–H and O–H groups in total. The molecule has 132 valence electrons. The average molecular weight is 341 g/mol. The van der Waals surface area contributed by atoms with Crippen LogP contribution in [0.5, 0.6) is 0 Å². The number of rotatable bonds is 6. The third-order valence-corrected chi connectivity index (χ3v) is 3.96. The van der Waals surface area contributed by atoms with Crippen LogP contribution < -0.4 is 11.1 Å². The highest BCUT2D eigenvalue weighted by atomic mass is 16.3. The largest absolute Gasteiger partial charge is 0.463 e. The molecule has 0 bridgehead atoms. The Hall–Kier alpha value is -2.67. The van der Waals surface area contributed by atoms with Crippen LogP contribution in [0.15, 0.2) is 35.1 Å². The van der Waals surface area contributed by atoms with Crippen molar-refractivity contribution in [2.75, 3.05) is 6.54 Å². The molecule has 3 rings (SSSR count). The average Bonchev–Trinajstić information content (AvgIpc) is 3.22. The number of carbonyl (C=O) groups is 1. The predicted octanol–water partition coefficient (Wildman–Crippen LogP) is 2.74. The number of furan rings is 1. The Labute approximate surface area is 146 Å². The molecule has 0 aliphatic heterocycles. The summed E-state index contributed by atoms with van der Waals surface area (Å²) < 4.78 is 7.26. The fourth-order valence-corrected chi connectivity index (χ4v) is 2.64. The molecular weight excluding hydrogens is 318 g/mol. The van der Waals surface area contributed by atoms with Crippen molar-refractivity contribution in [1.82, 2.24) is 20.1 Å². The number of pyridine rings is 1. The summed E-state index contributed by atoms with van der Waals surface area (Å²) in [4.78, 5) is 17.4. The van der Waals surface area contributed by atoms with Crippen LogP contribution in [0.1, 0.15) is 43.6 Å². The number of hydrogen-bond acceptors (Lipinski definition) is 5. The Bertz CT molecular complexity index is 865. The summed E-state index contributed by atoms with van der Waals surface area (Å²) in [5.74, 6) is 0.451. The van der Waals surface area contributed by atoms with Crippen LogP contribution >= 0.6 is 0 Å². The standard InChI is InChI=1S/C18H23N5O2/c1-11(2)23-17-14(10-21-23)13(18(24)20-7-6-12(3)19)9-15(22-17)16-5-4-8-25-16/h4-5,8-12H,6-7,19H2,1-3H3,(H,20,24). The Morgan fingerprint density at radius 2 is 2.20 bits per heavy atom. The molecule has 0 aliphatic rings. The highest BCUT2D eigenvalue weighted by molar-refractivity contribution is 6.06. The van der Waals surface area contributed by atoms with Crippen molar-refractivity contribution in [2.45, 2.75) is 39.3 Å². The van der Waals surface area contributed by atoms with Crippen LogP contribution in [-0.4, -0.2) is 33.3 Å². The number of nitrogens with one attached hydrogen (secondary N) is 1. The fourth-order valence-electron chi connectivity index (χ4n) is 2.64. The summed E-state index contributed by atoms with van der Waals surface area (Å²) in [5, 5.41) is 8.04. The van der Waals surface area contributed by atoms with Crippen LogP contribution in [0, 0.1) is 0 Å². The zero-order chi connectivity index (χ0) is 18.0. The van der Waals surface area contributed by atoms with E-state index in [1.807, 2.05) is 26.8 Å². The lowest BCUT2D eigenvalue weighted by Gasteiger charge is -2.11. The first kappa shape index (κ1) is 17.2. The molecule has 0 aromatic carbocycles. The van der Waals surface area contributed by atoms with Gasteiger partial charge in [-0.15, -0.1) is 0 Å². The molecule has 1 atom stereocenters. The second-order valence-corrected chi connectivity index (χ2v) is 6.47. The summed E-state index contributed by atoms with van der Waals surface area (Å²) in [6.07, 6.45) is 3.99. The zero-order valence-corrected chi connectivity index (χ0v) is 14.7. The van der Waals surface area contributed by atoms with Gasteiger partial charge in [-0.2, -0.15) is 5.10 Å². The van der Waals surface area contributed by atoms with Crippen molar-refractivity contribution in [1.29, 1.82) is 0 Å². The Kier molecular flexibility index (Phi) is 4.85. The van der Waals surface area contributed by atoms with E-state index in [1.165, 1.54) is 0 Å². The first-order valence-corrected chi connectivity index (χ1v) is 8.43. The van der Waals surface area contributed by atoms with Crippen LogP contribution in [0.25, 0.3) is 22.5 Å². The lowest BCUT2D eigenvalue weighted by molar-refractivity contribution is 0.0954. The van der Waals surface area contributed by atoms with E-state index in [9.17, 15) is 4.79 Å². The van der Waals surface area contributed by atoms with E-state index >= 15 is 0 Å². The van der Waals surface area contributed by atoms with E-state index in [2.05, 4.69) is 15.4 Å². The quantitative estimate of drug-likeness (QED) is 0.718. The predicted molar refractivity (Wildman–Crippen MR) is 96.2 cm³/mol. The summed E-state index contributed by atoms with van der Waals surface area (Å²) >= 11 is 0. The van der Waals surface area contributed by atoms with Crippen LogP contribution in [-0.2, 0) is 0 Å². The molecular formula is C18H23N5O2. The maximum Gasteiger partial charge on any atom is 0.252 e. The maximum atomic E-state index is 12.7. The number of nitrogens with two attached hydrogens (primary N) is 1. The summed E-state index contributed by atoms with van der Waals surface area (Å²) in [5.41, 5.74) is 7.56. The van der Waals surface area contributed by atoms with Crippen molar-refractivity contribution in [3.63, 3.8) is 0 Å². The molecule has 3 aromatic rings. The number of carbonyl (C=O) groups excluding carboxylic acids is 1. The molecule has 0 saturated heterocycles. The summed E-state index contributed by atoms with van der Waals surface area (Å²) in [6, 6.07) is 5.53. The molecule has 3 heterocycles. The summed E-state index contributed by atoms with van der Waals surface area (Å²) in [7, 11) is 0. The van der Waals surface area contributed by atoms with E-state index in [4.69, 9.17) is 10.2 Å². The topological polar surface area (TPSA) is 99.0 Å². The maximum absolute atomic E-state index is 12.7. The number of aromatic nitrogens is 3. The Morgan fingerprint density at radius 1 is 1.40 bits per heavy atom. The van der Waals surface area contributed by atoms with Crippen LogP contribution in [0.4, 0.5) is 0 Å². The first-order chi connectivity index (χ1) is 12.0. The molecule has 1 amide bonds. The SMILES string of the molecule is CC(N)CCNC(=O)c1cc(-c2ccco2)nc2c1cnn2C(C)C. The van der Waals surface area contributed by atoms with E-state index in [1.54, 1.807) is 29.3 Å². The number of hydrogen-bond donors (Lipinski definition) is 2. The van der Waals surface area contributed by atoms with Crippen molar-refractivity contribution in [3.8, 4) is 11.5 Å². The monoisotopic (exact) mass is 341 g/mol. The van der Waals surface area contributed by atoms with Gasteiger partial charge in [-0.1, -0.05) is 0 Å². The Morgan fingerprint density at radius 3 is 2.84 bits per heavy atom. The first-order valence-electron chi connectivity index (χ1n) is 8.43. The van der Waals surface area contributed by atoms with Crippen molar-refractivity contribution in [3.05, 3.63) is 36.2 Å². The normalized spacial score (nSPS) is 12.7. The van der Waals surface area contributed by atoms with Gasteiger partial charge in [-0.3, -0.25) is 4.79 Å². The third kappa shape index (κ3) is 3.56. The molecule has 0 spiro atoms. The molecule has 7 nitrogen and oxygen atoms in total. The number of nitrogens with zero attached hydrogens (tertiary/aromatic N) is 3. The molecule has 7 heteroatoms. The van der Waals surface area contributed by atoms with E-state index in [0.717, 1.165) is 11.8 Å². The molecule has 3 aromatic heterocycles. The van der Waals surface area contributed by atoms with Gasteiger partial charge >= 0.3 is 0 Å².